The van der Waals surface area contributed by atoms with Crippen LogP contribution in [-0.2, 0) is 24.3 Å². The standard InChI is InChI=1S/C25H38N2O7S/c1-18(2)19-16-23(25(29)26-20-6-4-5-7-20)34-24(17-19)33-15-13-27(12-14-28)35(30,31)22-10-8-21(32-3)9-11-22/h8-11,16,18-20,24,28H,4-7,12-15,17H2,1-3H3,(H,26,29)/t19-,24+/m1/s1. The van der Waals surface area contributed by atoms with E-state index in [4.69, 9.17) is 14.2 Å². The quantitative estimate of drug-likeness (QED) is 0.444. The zero-order valence-electron chi connectivity index (χ0n) is 20.8. The van der Waals surface area contributed by atoms with Crippen LogP contribution in [0.15, 0.2) is 41.0 Å². The van der Waals surface area contributed by atoms with Crippen LogP contribution < -0.4 is 10.1 Å². The van der Waals surface area contributed by atoms with E-state index in [1.165, 1.54) is 23.5 Å². The third-order valence-corrected chi connectivity index (χ3v) is 8.46. The van der Waals surface area contributed by atoms with Crippen molar-refractivity contribution in [2.45, 2.75) is 63.2 Å². The van der Waals surface area contributed by atoms with Crippen molar-refractivity contribution >= 4 is 15.9 Å². The predicted octanol–water partition coefficient (Wildman–Crippen LogP) is 2.66. The van der Waals surface area contributed by atoms with Gasteiger partial charge in [-0.3, -0.25) is 4.79 Å². The smallest absolute Gasteiger partial charge is 0.286 e. The lowest BCUT2D eigenvalue weighted by molar-refractivity contribution is -0.151. The largest absolute Gasteiger partial charge is 0.497 e. The van der Waals surface area contributed by atoms with Crippen molar-refractivity contribution in [2.75, 3.05) is 33.4 Å². The van der Waals surface area contributed by atoms with E-state index >= 15 is 0 Å². The van der Waals surface area contributed by atoms with E-state index < -0.39 is 16.3 Å². The number of hydrogen-bond acceptors (Lipinski definition) is 7. The lowest BCUT2D eigenvalue weighted by Crippen LogP contribution is -2.40. The summed E-state index contributed by atoms with van der Waals surface area (Å²) in [7, 11) is -2.32. The number of nitrogens with zero attached hydrogens (tertiary/aromatic N) is 1. The molecule has 0 saturated heterocycles. The summed E-state index contributed by atoms with van der Waals surface area (Å²) in [5.74, 6) is 0.996. The molecule has 3 rings (SSSR count). The van der Waals surface area contributed by atoms with Crippen molar-refractivity contribution in [1.29, 1.82) is 0 Å². The van der Waals surface area contributed by atoms with Crippen LogP contribution in [0.3, 0.4) is 0 Å². The topological polar surface area (TPSA) is 114 Å². The molecule has 1 saturated carbocycles. The molecular formula is C25H38N2O7S. The first-order valence-corrected chi connectivity index (χ1v) is 13.7. The maximum absolute atomic E-state index is 13.1. The van der Waals surface area contributed by atoms with Crippen LogP contribution in [0.5, 0.6) is 5.75 Å². The number of carbonyl (C=O) groups excluding carboxylic acids is 1. The van der Waals surface area contributed by atoms with Crippen molar-refractivity contribution < 1.29 is 32.5 Å². The minimum Gasteiger partial charge on any atom is -0.497 e. The molecule has 10 heteroatoms. The van der Waals surface area contributed by atoms with Gasteiger partial charge in [0.2, 0.25) is 16.3 Å². The van der Waals surface area contributed by atoms with E-state index in [9.17, 15) is 18.3 Å². The highest BCUT2D eigenvalue weighted by Crippen LogP contribution is 2.29. The second-order valence-electron chi connectivity index (χ2n) is 9.35. The number of hydrogen-bond donors (Lipinski definition) is 2. The highest BCUT2D eigenvalue weighted by Gasteiger charge is 2.31. The fraction of sp³-hybridized carbons (Fsp3) is 0.640. The van der Waals surface area contributed by atoms with Crippen LogP contribution in [-0.4, -0.2) is 69.5 Å². The van der Waals surface area contributed by atoms with Gasteiger partial charge in [0.05, 0.1) is 25.2 Å². The monoisotopic (exact) mass is 510 g/mol. The highest BCUT2D eigenvalue weighted by atomic mass is 32.2. The number of carbonyl (C=O) groups is 1. The Morgan fingerprint density at radius 2 is 1.89 bits per heavy atom. The first-order chi connectivity index (χ1) is 16.7. The SMILES string of the molecule is COc1ccc(S(=O)(=O)N(CCO)CCO[C@@H]2C[C@H](C(C)C)C=C(C(=O)NC3CCCC3)O2)cc1. The Kier molecular flexibility index (Phi) is 9.97. The molecule has 2 atom stereocenters. The number of aliphatic hydroxyl groups is 1. The minimum atomic E-state index is -3.83. The maximum Gasteiger partial charge on any atom is 0.286 e. The molecule has 1 aromatic carbocycles. The van der Waals surface area contributed by atoms with E-state index in [-0.39, 0.29) is 54.8 Å². The predicted molar refractivity (Wildman–Crippen MR) is 131 cm³/mol. The summed E-state index contributed by atoms with van der Waals surface area (Å²) in [6.07, 6.45) is 6.00. The summed E-state index contributed by atoms with van der Waals surface area (Å²) in [6.45, 7) is 3.88. The normalized spacial score (nSPS) is 21.1. The number of rotatable bonds is 12. The summed E-state index contributed by atoms with van der Waals surface area (Å²) in [5.41, 5.74) is 0. The average Bonchev–Trinajstić information content (AvgIpc) is 3.36. The Morgan fingerprint density at radius 1 is 1.20 bits per heavy atom. The lowest BCUT2D eigenvalue weighted by Gasteiger charge is -2.31. The van der Waals surface area contributed by atoms with Gasteiger partial charge in [0.25, 0.3) is 5.91 Å². The van der Waals surface area contributed by atoms with Crippen molar-refractivity contribution in [3.63, 3.8) is 0 Å². The van der Waals surface area contributed by atoms with Gasteiger partial charge >= 0.3 is 0 Å². The summed E-state index contributed by atoms with van der Waals surface area (Å²) in [6, 6.07) is 6.27. The second kappa shape index (κ2) is 12.7. The summed E-state index contributed by atoms with van der Waals surface area (Å²) in [5, 5.41) is 12.5. The summed E-state index contributed by atoms with van der Waals surface area (Å²) < 4.78 is 44.2. The average molecular weight is 511 g/mol. The van der Waals surface area contributed by atoms with Crippen molar-refractivity contribution in [2.24, 2.45) is 11.8 Å². The van der Waals surface area contributed by atoms with E-state index in [1.807, 2.05) is 6.08 Å². The van der Waals surface area contributed by atoms with Gasteiger partial charge in [-0.2, -0.15) is 4.31 Å². The number of ether oxygens (including phenoxy) is 3. The van der Waals surface area contributed by atoms with Gasteiger partial charge < -0.3 is 24.6 Å². The molecule has 1 fully saturated rings. The van der Waals surface area contributed by atoms with Crippen molar-refractivity contribution in [3.05, 3.63) is 36.1 Å². The van der Waals surface area contributed by atoms with Crippen LogP contribution in [0.1, 0.15) is 46.0 Å². The van der Waals surface area contributed by atoms with Crippen molar-refractivity contribution in [3.8, 4) is 5.75 Å². The number of aliphatic hydroxyl groups excluding tert-OH is 1. The van der Waals surface area contributed by atoms with E-state index in [0.717, 1.165) is 25.7 Å². The van der Waals surface area contributed by atoms with E-state index in [1.54, 1.807) is 12.1 Å². The molecule has 2 aliphatic rings. The summed E-state index contributed by atoms with van der Waals surface area (Å²) in [4.78, 5) is 12.9. The first-order valence-electron chi connectivity index (χ1n) is 12.3. The number of sulfonamides is 1. The molecule has 1 amide bonds. The Hall–Kier alpha value is -2.14. The first kappa shape index (κ1) is 27.4. The van der Waals surface area contributed by atoms with Crippen LogP contribution >= 0.6 is 0 Å². The molecule has 1 aromatic rings. The molecule has 9 nitrogen and oxygen atoms in total. The molecule has 35 heavy (non-hydrogen) atoms. The fourth-order valence-corrected chi connectivity index (χ4v) is 5.80. The lowest BCUT2D eigenvalue weighted by atomic mass is 9.90. The van der Waals surface area contributed by atoms with E-state index in [0.29, 0.717) is 18.1 Å². The zero-order chi connectivity index (χ0) is 25.4. The van der Waals surface area contributed by atoms with E-state index in [2.05, 4.69) is 19.2 Å². The molecule has 0 spiro atoms. The van der Waals surface area contributed by atoms with Gasteiger partial charge in [-0.15, -0.1) is 0 Å². The fourth-order valence-electron chi connectivity index (χ4n) is 4.38. The molecule has 0 aromatic heterocycles. The van der Waals surface area contributed by atoms with Gasteiger partial charge in [0, 0.05) is 25.6 Å². The molecule has 1 heterocycles. The maximum atomic E-state index is 13.1. The number of allylic oxidation sites excluding steroid dienone is 1. The van der Waals surface area contributed by atoms with Crippen LogP contribution in [0.25, 0.3) is 0 Å². The molecule has 2 N–H and O–H groups in total. The van der Waals surface area contributed by atoms with Crippen LogP contribution in [0, 0.1) is 11.8 Å². The van der Waals surface area contributed by atoms with Gasteiger partial charge in [0.15, 0.2) is 5.76 Å². The third kappa shape index (κ3) is 7.42. The third-order valence-electron chi connectivity index (χ3n) is 6.55. The Bertz CT molecular complexity index is 957. The van der Waals surface area contributed by atoms with Crippen molar-refractivity contribution in [1.82, 2.24) is 9.62 Å². The van der Waals surface area contributed by atoms with Gasteiger partial charge in [-0.25, -0.2) is 8.42 Å². The van der Waals surface area contributed by atoms with Gasteiger partial charge in [0.1, 0.15) is 5.75 Å². The molecule has 0 unspecified atom stereocenters. The second-order valence-corrected chi connectivity index (χ2v) is 11.3. The number of amides is 1. The molecule has 196 valence electrons. The van der Waals surface area contributed by atoms with Gasteiger partial charge in [-0.05, 0) is 55.0 Å². The van der Waals surface area contributed by atoms with Gasteiger partial charge in [-0.1, -0.05) is 26.7 Å². The Labute approximate surface area is 208 Å². The molecule has 0 radical (unpaired) electrons. The number of methoxy groups -OCH3 is 1. The molecule has 1 aliphatic carbocycles. The number of nitrogens with one attached hydrogen (secondary N) is 1. The molecule has 0 bridgehead atoms. The summed E-state index contributed by atoms with van der Waals surface area (Å²) >= 11 is 0. The van der Waals surface area contributed by atoms with Crippen LogP contribution in [0.4, 0.5) is 0 Å². The number of benzene rings is 1. The Balaban J connectivity index is 1.61. The van der Waals surface area contributed by atoms with Crippen LogP contribution in [0.2, 0.25) is 0 Å². The molecular weight excluding hydrogens is 472 g/mol. The Morgan fingerprint density at radius 3 is 2.49 bits per heavy atom. The zero-order valence-corrected chi connectivity index (χ0v) is 21.6. The molecule has 1 aliphatic heterocycles. The highest BCUT2D eigenvalue weighted by molar-refractivity contribution is 7.89. The minimum absolute atomic E-state index is 0.0362.